The van der Waals surface area contributed by atoms with E-state index in [-0.39, 0.29) is 6.54 Å². The molecule has 3 N–H and O–H groups in total. The second-order valence-electron chi connectivity index (χ2n) is 2.96. The highest BCUT2D eigenvalue weighted by atomic mass is 16.3. The predicted molar refractivity (Wildman–Crippen MR) is 42.5 cm³/mol. The molecule has 1 saturated heterocycles. The summed E-state index contributed by atoms with van der Waals surface area (Å²) in [4.78, 5) is 2.54. The zero-order valence-corrected chi connectivity index (χ0v) is 6.64. The first-order chi connectivity index (χ1) is 5.69. The van der Waals surface area contributed by atoms with Crippen LogP contribution in [0.15, 0.2) is 5.11 Å². The fourth-order valence-electron chi connectivity index (χ4n) is 1.24. The van der Waals surface area contributed by atoms with E-state index in [9.17, 15) is 10.2 Å². The minimum atomic E-state index is -1.24. The van der Waals surface area contributed by atoms with Gasteiger partial charge in [0.1, 0.15) is 0 Å². The van der Waals surface area contributed by atoms with Crippen LogP contribution in [0.4, 0.5) is 0 Å². The lowest BCUT2D eigenvalue weighted by Gasteiger charge is -2.35. The predicted octanol–water partition coefficient (Wildman–Crippen LogP) is -0.618. The van der Waals surface area contributed by atoms with Crippen molar-refractivity contribution in [2.45, 2.75) is 18.1 Å². The van der Waals surface area contributed by atoms with Crippen LogP contribution >= 0.6 is 0 Å². The minimum absolute atomic E-state index is 0.0631. The molecule has 0 aliphatic carbocycles. The van der Waals surface area contributed by atoms with Crippen LogP contribution in [-0.2, 0) is 0 Å². The summed E-state index contributed by atoms with van der Waals surface area (Å²) in [5.74, 6) is 0. The maximum atomic E-state index is 9.72. The lowest BCUT2D eigenvalue weighted by Crippen LogP contribution is -2.55. The number of aliphatic hydroxyl groups excluding tert-OH is 1. The summed E-state index contributed by atoms with van der Waals surface area (Å²) >= 11 is 0. The van der Waals surface area contributed by atoms with E-state index in [1.807, 2.05) is 0 Å². The van der Waals surface area contributed by atoms with Gasteiger partial charge in [0.2, 0.25) is 0 Å². The lowest BCUT2D eigenvalue weighted by molar-refractivity contribution is -0.0846. The summed E-state index contributed by atoms with van der Waals surface area (Å²) in [5.41, 5.74) is 6.81. The number of hydrogen-bond donors (Lipinski definition) is 3. The molecule has 1 aliphatic rings. The molecule has 12 heavy (non-hydrogen) atoms. The lowest BCUT2D eigenvalue weighted by atomic mass is 9.90. The Hall–Kier alpha value is -0.810. The van der Waals surface area contributed by atoms with Crippen molar-refractivity contribution < 1.29 is 10.2 Å². The molecule has 0 spiro atoms. The van der Waals surface area contributed by atoms with Crippen LogP contribution < -0.4 is 5.32 Å². The van der Waals surface area contributed by atoms with E-state index in [1.165, 1.54) is 0 Å². The molecule has 1 fully saturated rings. The molecule has 1 heterocycles. The Balaban J connectivity index is 2.58. The van der Waals surface area contributed by atoms with Gasteiger partial charge in [-0.15, -0.1) is 0 Å². The molecular formula is C6H12N4O2. The summed E-state index contributed by atoms with van der Waals surface area (Å²) in [6, 6.07) is 0. The first-order valence-corrected chi connectivity index (χ1v) is 3.81. The van der Waals surface area contributed by atoms with Crippen molar-refractivity contribution >= 4 is 0 Å². The number of nitrogens with one attached hydrogen (secondary N) is 1. The Morgan fingerprint density at radius 1 is 1.75 bits per heavy atom. The van der Waals surface area contributed by atoms with Crippen LogP contribution in [0.25, 0.3) is 10.4 Å². The van der Waals surface area contributed by atoms with E-state index in [0.717, 1.165) is 0 Å². The van der Waals surface area contributed by atoms with Crippen LogP contribution in [0.5, 0.6) is 0 Å². The van der Waals surface area contributed by atoms with Crippen molar-refractivity contribution in [2.75, 3.05) is 19.6 Å². The van der Waals surface area contributed by atoms with Gasteiger partial charge < -0.3 is 15.5 Å². The molecule has 2 atom stereocenters. The highest BCUT2D eigenvalue weighted by molar-refractivity contribution is 4.93. The van der Waals surface area contributed by atoms with Gasteiger partial charge in [-0.3, -0.25) is 0 Å². The molecule has 0 aromatic heterocycles. The van der Waals surface area contributed by atoms with Gasteiger partial charge in [-0.25, -0.2) is 0 Å². The Morgan fingerprint density at radius 2 is 2.50 bits per heavy atom. The van der Waals surface area contributed by atoms with Crippen LogP contribution in [-0.4, -0.2) is 41.6 Å². The average Bonchev–Trinajstić information content (AvgIpc) is 2.07. The number of β-amino-alcohol motifs (C(OH)–C–C–N with tert-alkyl or cyclic N) is 1. The molecule has 0 amide bonds. The van der Waals surface area contributed by atoms with E-state index in [4.69, 9.17) is 5.53 Å². The van der Waals surface area contributed by atoms with Crippen LogP contribution in [0.2, 0.25) is 0 Å². The highest BCUT2D eigenvalue weighted by Gasteiger charge is 2.36. The SMILES string of the molecule is [N-]=[N+]=NC[C@]1(O)CCNC[C@H]1O. The van der Waals surface area contributed by atoms with Gasteiger partial charge in [-0.2, -0.15) is 0 Å². The molecule has 0 radical (unpaired) electrons. The quantitative estimate of drug-likeness (QED) is 0.294. The van der Waals surface area contributed by atoms with Crippen LogP contribution in [0, 0.1) is 0 Å². The van der Waals surface area contributed by atoms with Gasteiger partial charge in [-0.05, 0) is 18.5 Å². The van der Waals surface area contributed by atoms with E-state index in [0.29, 0.717) is 19.5 Å². The monoisotopic (exact) mass is 172 g/mol. The zero-order chi connectivity index (χ0) is 9.03. The van der Waals surface area contributed by atoms with Crippen molar-refractivity contribution in [1.82, 2.24) is 5.32 Å². The Kier molecular flexibility index (Phi) is 2.88. The van der Waals surface area contributed by atoms with Crippen molar-refractivity contribution in [3.63, 3.8) is 0 Å². The molecule has 1 aliphatic heterocycles. The molecule has 0 bridgehead atoms. The summed E-state index contributed by atoms with van der Waals surface area (Å²) in [5, 5.41) is 25.3. The van der Waals surface area contributed by atoms with Gasteiger partial charge >= 0.3 is 0 Å². The number of azide groups is 1. The Morgan fingerprint density at radius 3 is 3.08 bits per heavy atom. The average molecular weight is 172 g/mol. The van der Waals surface area contributed by atoms with Crippen LogP contribution in [0.3, 0.4) is 0 Å². The fraction of sp³-hybridized carbons (Fsp3) is 1.00. The molecule has 1 rings (SSSR count). The number of aliphatic hydroxyl groups is 2. The van der Waals surface area contributed by atoms with Gasteiger partial charge in [0, 0.05) is 11.5 Å². The van der Waals surface area contributed by atoms with E-state index < -0.39 is 11.7 Å². The number of piperidine rings is 1. The first-order valence-electron chi connectivity index (χ1n) is 3.81. The number of hydrogen-bond acceptors (Lipinski definition) is 4. The van der Waals surface area contributed by atoms with Crippen molar-refractivity contribution in [3.05, 3.63) is 10.4 Å². The number of rotatable bonds is 2. The third-order valence-corrected chi connectivity index (χ3v) is 2.10. The summed E-state index contributed by atoms with van der Waals surface area (Å²) in [6.07, 6.45) is -0.440. The summed E-state index contributed by atoms with van der Waals surface area (Å²) in [7, 11) is 0. The standard InChI is InChI=1S/C6H12N4O2/c7-10-9-4-6(12)1-2-8-3-5(6)11/h5,8,11-12H,1-4H2/t5-,6-/m1/s1. The van der Waals surface area contributed by atoms with Gasteiger partial charge in [0.15, 0.2) is 0 Å². The third-order valence-electron chi connectivity index (χ3n) is 2.10. The van der Waals surface area contributed by atoms with Crippen molar-refractivity contribution in [1.29, 1.82) is 0 Å². The summed E-state index contributed by atoms with van der Waals surface area (Å²) in [6.45, 7) is 0.915. The normalized spacial score (nSPS) is 35.7. The molecule has 0 unspecified atom stereocenters. The molecular weight excluding hydrogens is 160 g/mol. The van der Waals surface area contributed by atoms with E-state index in [1.54, 1.807) is 0 Å². The Bertz CT molecular complexity index is 204. The maximum Gasteiger partial charge on any atom is 0.0986 e. The van der Waals surface area contributed by atoms with E-state index >= 15 is 0 Å². The van der Waals surface area contributed by atoms with Crippen LogP contribution in [0.1, 0.15) is 6.42 Å². The minimum Gasteiger partial charge on any atom is -0.389 e. The van der Waals surface area contributed by atoms with Gasteiger partial charge in [0.25, 0.3) is 0 Å². The second kappa shape index (κ2) is 3.73. The fourth-order valence-corrected chi connectivity index (χ4v) is 1.24. The van der Waals surface area contributed by atoms with Crippen molar-refractivity contribution in [2.24, 2.45) is 5.11 Å². The summed E-state index contributed by atoms with van der Waals surface area (Å²) < 4.78 is 0. The molecule has 0 aromatic carbocycles. The maximum absolute atomic E-state index is 9.72. The molecule has 68 valence electrons. The molecule has 6 heteroatoms. The van der Waals surface area contributed by atoms with Crippen molar-refractivity contribution in [3.8, 4) is 0 Å². The molecule has 0 saturated carbocycles. The number of nitrogens with zero attached hydrogens (tertiary/aromatic N) is 3. The zero-order valence-electron chi connectivity index (χ0n) is 6.64. The molecule has 0 aromatic rings. The third kappa shape index (κ3) is 1.86. The first kappa shape index (κ1) is 9.28. The Labute approximate surface area is 69.8 Å². The highest BCUT2D eigenvalue weighted by Crippen LogP contribution is 2.18. The molecule has 6 nitrogen and oxygen atoms in total. The topological polar surface area (TPSA) is 101 Å². The largest absolute Gasteiger partial charge is 0.389 e. The van der Waals surface area contributed by atoms with E-state index in [2.05, 4.69) is 15.3 Å². The second-order valence-corrected chi connectivity index (χ2v) is 2.96. The smallest absolute Gasteiger partial charge is 0.0986 e. The van der Waals surface area contributed by atoms with Gasteiger partial charge in [0.05, 0.1) is 18.2 Å². The van der Waals surface area contributed by atoms with Gasteiger partial charge in [-0.1, -0.05) is 5.11 Å².